The maximum atomic E-state index is 12.2. The Morgan fingerprint density at radius 1 is 1.17 bits per heavy atom. The van der Waals surface area contributed by atoms with Crippen molar-refractivity contribution in [3.8, 4) is 11.4 Å². The minimum atomic E-state index is 0.104. The number of carbonyl (C=O) groups excluding carboxylic acids is 1. The van der Waals surface area contributed by atoms with E-state index >= 15 is 0 Å². The molecule has 4 rings (SSSR count). The monoisotopic (exact) mass is 419 g/mol. The molecule has 1 amide bonds. The molecule has 1 atom stereocenters. The van der Waals surface area contributed by atoms with Gasteiger partial charge in [-0.15, -0.1) is 0 Å². The highest BCUT2D eigenvalue weighted by molar-refractivity contribution is 6.31. The van der Waals surface area contributed by atoms with Crippen molar-refractivity contribution in [1.29, 1.82) is 0 Å². The number of fused-ring (bicyclic) bond motifs is 2. The van der Waals surface area contributed by atoms with E-state index in [4.69, 9.17) is 16.6 Å². The lowest BCUT2D eigenvalue weighted by atomic mass is 10.0. The summed E-state index contributed by atoms with van der Waals surface area (Å²) in [5.41, 5.74) is 5.06. The van der Waals surface area contributed by atoms with Gasteiger partial charge in [0.1, 0.15) is 0 Å². The molecule has 0 saturated heterocycles. The smallest absolute Gasteiger partial charge is 0.220 e. The number of aromatic nitrogens is 2. The van der Waals surface area contributed by atoms with Gasteiger partial charge in [-0.1, -0.05) is 42.8 Å². The highest BCUT2D eigenvalue weighted by atomic mass is 35.5. The number of nitrogens with one attached hydrogen (secondary N) is 2. The lowest BCUT2D eigenvalue weighted by Crippen LogP contribution is -2.31. The highest BCUT2D eigenvalue weighted by Gasteiger charge is 2.16. The van der Waals surface area contributed by atoms with Crippen molar-refractivity contribution in [3.05, 3.63) is 65.2 Å². The van der Waals surface area contributed by atoms with E-state index in [0.29, 0.717) is 11.4 Å². The first-order valence-corrected chi connectivity index (χ1v) is 10.9. The number of benzene rings is 2. The molecule has 0 bridgehead atoms. The molecule has 4 aromatic rings. The van der Waals surface area contributed by atoms with Gasteiger partial charge in [-0.25, -0.2) is 4.98 Å². The molecule has 0 spiro atoms. The van der Waals surface area contributed by atoms with Crippen LogP contribution in [0.3, 0.4) is 0 Å². The predicted molar refractivity (Wildman–Crippen MR) is 125 cm³/mol. The summed E-state index contributed by atoms with van der Waals surface area (Å²) in [7, 11) is 0. The molecule has 0 aliphatic rings. The van der Waals surface area contributed by atoms with Crippen LogP contribution >= 0.6 is 11.6 Å². The van der Waals surface area contributed by atoms with E-state index in [2.05, 4.69) is 29.4 Å². The molecule has 154 valence electrons. The van der Waals surface area contributed by atoms with Gasteiger partial charge < -0.3 is 10.3 Å². The molecule has 0 fully saturated rings. The lowest BCUT2D eigenvalue weighted by molar-refractivity contribution is -0.121. The normalized spacial score (nSPS) is 12.4. The van der Waals surface area contributed by atoms with Gasteiger partial charge in [0.05, 0.1) is 16.9 Å². The van der Waals surface area contributed by atoms with Crippen LogP contribution in [0.4, 0.5) is 0 Å². The van der Waals surface area contributed by atoms with E-state index in [1.54, 1.807) is 0 Å². The summed E-state index contributed by atoms with van der Waals surface area (Å²) in [5, 5.41) is 5.95. The van der Waals surface area contributed by atoms with Crippen LogP contribution in [0.1, 0.15) is 38.7 Å². The number of rotatable bonds is 7. The Bertz CT molecular complexity index is 1200. The Balaban J connectivity index is 1.66. The maximum Gasteiger partial charge on any atom is 0.220 e. The first-order valence-electron chi connectivity index (χ1n) is 10.5. The van der Waals surface area contributed by atoms with Gasteiger partial charge in [-0.05, 0) is 62.1 Å². The zero-order chi connectivity index (χ0) is 21.1. The molecular weight excluding hydrogens is 394 g/mol. The molecule has 0 aliphatic heterocycles. The number of hydrogen-bond donors (Lipinski definition) is 2. The van der Waals surface area contributed by atoms with Crippen molar-refractivity contribution in [2.75, 3.05) is 0 Å². The SMILES string of the molecule is CCC(C)NC(=O)CCCc1c(-c2ccc3ccccc3n2)[nH]c2ccc(Cl)cc12. The van der Waals surface area contributed by atoms with E-state index in [9.17, 15) is 4.79 Å². The van der Waals surface area contributed by atoms with Crippen LogP contribution in [0, 0.1) is 0 Å². The second-order valence-corrected chi connectivity index (χ2v) is 8.22. The Morgan fingerprint density at radius 2 is 2.00 bits per heavy atom. The summed E-state index contributed by atoms with van der Waals surface area (Å²) in [4.78, 5) is 20.6. The minimum Gasteiger partial charge on any atom is -0.354 e. The Labute approximate surface area is 181 Å². The summed E-state index contributed by atoms with van der Waals surface area (Å²) in [6, 6.07) is 18.3. The molecule has 4 nitrogen and oxygen atoms in total. The topological polar surface area (TPSA) is 57.8 Å². The molecule has 2 aromatic carbocycles. The number of nitrogens with zero attached hydrogens (tertiary/aromatic N) is 1. The molecule has 2 heterocycles. The number of aryl methyl sites for hydroxylation is 1. The van der Waals surface area contributed by atoms with Crippen LogP contribution in [-0.2, 0) is 11.2 Å². The largest absolute Gasteiger partial charge is 0.354 e. The van der Waals surface area contributed by atoms with Crippen LogP contribution in [0.25, 0.3) is 33.2 Å². The average molecular weight is 420 g/mol. The molecule has 30 heavy (non-hydrogen) atoms. The van der Waals surface area contributed by atoms with Gasteiger partial charge in [-0.2, -0.15) is 0 Å². The number of para-hydroxylation sites is 1. The molecule has 0 radical (unpaired) electrons. The second kappa shape index (κ2) is 8.88. The summed E-state index contributed by atoms with van der Waals surface area (Å²) < 4.78 is 0. The van der Waals surface area contributed by atoms with E-state index in [1.807, 2.05) is 49.4 Å². The minimum absolute atomic E-state index is 0.104. The lowest BCUT2D eigenvalue weighted by Gasteiger charge is -2.11. The zero-order valence-electron chi connectivity index (χ0n) is 17.3. The van der Waals surface area contributed by atoms with Crippen molar-refractivity contribution >= 4 is 39.3 Å². The number of pyridine rings is 1. The number of halogens is 1. The Morgan fingerprint density at radius 3 is 2.83 bits per heavy atom. The average Bonchev–Trinajstić information content (AvgIpc) is 3.11. The Kier molecular flexibility index (Phi) is 6.05. The van der Waals surface area contributed by atoms with Gasteiger partial charge >= 0.3 is 0 Å². The van der Waals surface area contributed by atoms with Gasteiger partial charge in [0.15, 0.2) is 0 Å². The number of carbonyl (C=O) groups is 1. The van der Waals surface area contributed by atoms with Crippen molar-refractivity contribution in [2.24, 2.45) is 0 Å². The quantitative estimate of drug-likeness (QED) is 0.370. The van der Waals surface area contributed by atoms with E-state index < -0.39 is 0 Å². The van der Waals surface area contributed by atoms with Crippen LogP contribution in [0.15, 0.2) is 54.6 Å². The van der Waals surface area contributed by atoms with E-state index in [0.717, 1.165) is 58.0 Å². The maximum absolute atomic E-state index is 12.2. The van der Waals surface area contributed by atoms with Crippen molar-refractivity contribution in [3.63, 3.8) is 0 Å². The fourth-order valence-electron chi connectivity index (χ4n) is 3.78. The van der Waals surface area contributed by atoms with Gasteiger partial charge in [-0.3, -0.25) is 4.79 Å². The van der Waals surface area contributed by atoms with Gasteiger partial charge in [0.25, 0.3) is 0 Å². The summed E-state index contributed by atoms with van der Waals surface area (Å²) in [5.74, 6) is 0.104. The molecule has 1 unspecified atom stereocenters. The van der Waals surface area contributed by atoms with Crippen LogP contribution < -0.4 is 5.32 Å². The third kappa shape index (κ3) is 4.34. The molecule has 0 saturated carbocycles. The van der Waals surface area contributed by atoms with Crippen LogP contribution in [-0.4, -0.2) is 21.9 Å². The van der Waals surface area contributed by atoms with Gasteiger partial charge in [0, 0.05) is 33.8 Å². The van der Waals surface area contributed by atoms with Crippen LogP contribution in [0.2, 0.25) is 5.02 Å². The number of H-pyrrole nitrogens is 1. The predicted octanol–water partition coefficient (Wildman–Crippen LogP) is 6.27. The summed E-state index contributed by atoms with van der Waals surface area (Å²) >= 11 is 6.29. The first-order chi connectivity index (χ1) is 14.5. The fourth-order valence-corrected chi connectivity index (χ4v) is 3.95. The van der Waals surface area contributed by atoms with E-state index in [-0.39, 0.29) is 11.9 Å². The third-order valence-corrected chi connectivity index (χ3v) is 5.81. The molecule has 2 N–H and O–H groups in total. The standard InChI is InChI=1S/C25H26ClN3O/c1-3-16(2)27-24(30)10-6-8-19-20-15-18(26)12-14-22(20)29-25(19)23-13-11-17-7-4-5-9-21(17)28-23/h4-5,7,9,11-16,29H,3,6,8,10H2,1-2H3,(H,27,30). The van der Waals surface area contributed by atoms with Crippen molar-refractivity contribution in [2.45, 2.75) is 45.6 Å². The number of hydrogen-bond acceptors (Lipinski definition) is 2. The molecular formula is C25H26ClN3O. The van der Waals surface area contributed by atoms with Crippen molar-refractivity contribution in [1.82, 2.24) is 15.3 Å². The number of amides is 1. The van der Waals surface area contributed by atoms with Crippen LogP contribution in [0.5, 0.6) is 0 Å². The molecule has 2 aromatic heterocycles. The summed E-state index contributed by atoms with van der Waals surface area (Å²) in [6.45, 7) is 4.10. The van der Waals surface area contributed by atoms with Gasteiger partial charge in [0.2, 0.25) is 5.91 Å². The third-order valence-electron chi connectivity index (χ3n) is 5.57. The first kappa shape index (κ1) is 20.4. The fraction of sp³-hybridized carbons (Fsp3) is 0.280. The number of aromatic amines is 1. The zero-order valence-corrected chi connectivity index (χ0v) is 18.1. The van der Waals surface area contributed by atoms with E-state index in [1.165, 1.54) is 0 Å². The second-order valence-electron chi connectivity index (χ2n) is 7.79. The highest BCUT2D eigenvalue weighted by Crippen LogP contribution is 2.33. The molecule has 0 aliphatic carbocycles. The summed E-state index contributed by atoms with van der Waals surface area (Å²) in [6.07, 6.45) is 2.98. The molecule has 5 heteroatoms. The Hall–Kier alpha value is -2.85. The van der Waals surface area contributed by atoms with Crippen molar-refractivity contribution < 1.29 is 4.79 Å².